The van der Waals surface area contributed by atoms with Gasteiger partial charge in [-0.3, -0.25) is 4.79 Å². The lowest BCUT2D eigenvalue weighted by molar-refractivity contribution is -0.119. The van der Waals surface area contributed by atoms with Crippen LogP contribution in [0.2, 0.25) is 0 Å². The highest BCUT2D eigenvalue weighted by Gasteiger charge is 2.11. The van der Waals surface area contributed by atoms with Crippen molar-refractivity contribution < 1.29 is 9.21 Å². The van der Waals surface area contributed by atoms with E-state index in [1.165, 1.54) is 11.8 Å². The van der Waals surface area contributed by atoms with Gasteiger partial charge in [-0.05, 0) is 20.8 Å². The van der Waals surface area contributed by atoms with Gasteiger partial charge in [0.15, 0.2) is 0 Å². The molecule has 20 heavy (non-hydrogen) atoms. The largest absolute Gasteiger partial charge is 0.416 e. The van der Waals surface area contributed by atoms with Crippen LogP contribution in [0.15, 0.2) is 15.0 Å². The van der Waals surface area contributed by atoms with Gasteiger partial charge in [-0.1, -0.05) is 11.8 Å². The van der Waals surface area contributed by atoms with Crippen molar-refractivity contribution in [3.8, 4) is 0 Å². The van der Waals surface area contributed by atoms with Crippen molar-refractivity contribution in [1.82, 2.24) is 20.5 Å². The summed E-state index contributed by atoms with van der Waals surface area (Å²) in [5.41, 5.74) is 0.922. The summed E-state index contributed by atoms with van der Waals surface area (Å²) in [4.78, 5) is 15.8. The Hall–Kier alpha value is -1.41. The molecule has 0 aliphatic carbocycles. The maximum atomic E-state index is 11.5. The molecule has 2 rings (SSSR count). The van der Waals surface area contributed by atoms with E-state index < -0.39 is 0 Å². The number of carbonyl (C=O) groups excluding carboxylic acids is 1. The summed E-state index contributed by atoms with van der Waals surface area (Å²) >= 11 is 2.83. The molecule has 1 N–H and O–H groups in total. The number of amides is 1. The highest BCUT2D eigenvalue weighted by Crippen LogP contribution is 2.18. The molecule has 0 spiro atoms. The molecule has 1 amide bonds. The number of rotatable bonds is 6. The molecule has 0 bridgehead atoms. The minimum Gasteiger partial charge on any atom is -0.416 e. The van der Waals surface area contributed by atoms with Gasteiger partial charge in [0, 0.05) is 11.4 Å². The molecule has 2 aromatic heterocycles. The predicted octanol–water partition coefficient (Wildman–Crippen LogP) is 2.04. The lowest BCUT2D eigenvalue weighted by Crippen LogP contribution is -2.31. The summed E-state index contributed by atoms with van der Waals surface area (Å²) in [6, 6.07) is 0.134. The Bertz CT molecular complexity index is 580. The first-order chi connectivity index (χ1) is 9.52. The van der Waals surface area contributed by atoms with E-state index in [0.717, 1.165) is 10.7 Å². The van der Waals surface area contributed by atoms with Crippen molar-refractivity contribution in [2.24, 2.45) is 0 Å². The fourth-order valence-corrected chi connectivity index (χ4v) is 2.71. The molecular weight excluding hydrogens is 296 g/mol. The maximum absolute atomic E-state index is 11.5. The fourth-order valence-electron chi connectivity index (χ4n) is 1.50. The molecule has 0 aliphatic rings. The number of carbonyl (C=O) groups is 1. The van der Waals surface area contributed by atoms with E-state index in [9.17, 15) is 4.79 Å². The molecule has 108 valence electrons. The van der Waals surface area contributed by atoms with E-state index in [2.05, 4.69) is 20.5 Å². The summed E-state index contributed by atoms with van der Waals surface area (Å²) in [7, 11) is 0. The second-order valence-electron chi connectivity index (χ2n) is 4.51. The third-order valence-corrected chi connectivity index (χ3v) is 3.86. The van der Waals surface area contributed by atoms with Crippen molar-refractivity contribution in [3.05, 3.63) is 22.0 Å². The van der Waals surface area contributed by atoms with Gasteiger partial charge in [0.1, 0.15) is 0 Å². The zero-order valence-corrected chi connectivity index (χ0v) is 13.2. The first kappa shape index (κ1) is 15.0. The lowest BCUT2D eigenvalue weighted by atomic mass is 10.3. The molecular formula is C12H16N4O2S2. The van der Waals surface area contributed by atoms with Gasteiger partial charge in [-0.2, -0.15) is 0 Å². The van der Waals surface area contributed by atoms with Gasteiger partial charge in [-0.15, -0.1) is 21.5 Å². The van der Waals surface area contributed by atoms with Crippen LogP contribution in [-0.4, -0.2) is 32.9 Å². The molecule has 0 aliphatic heterocycles. The summed E-state index contributed by atoms with van der Waals surface area (Å²) in [6.45, 7) is 5.79. The molecule has 0 radical (unpaired) electrons. The minimum absolute atomic E-state index is 0.0418. The Morgan fingerprint density at radius 3 is 2.95 bits per heavy atom. The number of nitrogens with one attached hydrogen (secondary N) is 1. The predicted molar refractivity (Wildman–Crippen MR) is 78.0 cm³/mol. The Balaban J connectivity index is 1.84. The van der Waals surface area contributed by atoms with E-state index in [-0.39, 0.29) is 17.7 Å². The molecule has 0 saturated heterocycles. The normalized spacial score (nSPS) is 11.0. The topological polar surface area (TPSA) is 80.9 Å². The number of hydrogen-bond donors (Lipinski definition) is 1. The number of aryl methyl sites for hydroxylation is 1. The third kappa shape index (κ3) is 4.61. The van der Waals surface area contributed by atoms with Crippen molar-refractivity contribution in [1.29, 1.82) is 0 Å². The average molecular weight is 312 g/mol. The molecule has 2 heterocycles. The number of aromatic nitrogens is 3. The minimum atomic E-state index is -0.0418. The Kier molecular flexibility index (Phi) is 5.13. The number of thiazole rings is 1. The van der Waals surface area contributed by atoms with Crippen LogP contribution in [0.3, 0.4) is 0 Å². The van der Waals surface area contributed by atoms with Crippen molar-refractivity contribution in [2.75, 3.05) is 5.75 Å². The molecule has 0 fully saturated rings. The Labute approximate surface area is 125 Å². The third-order valence-electron chi connectivity index (χ3n) is 2.22. The first-order valence-corrected chi connectivity index (χ1v) is 8.05. The van der Waals surface area contributed by atoms with E-state index in [1.807, 2.05) is 26.2 Å². The van der Waals surface area contributed by atoms with Gasteiger partial charge < -0.3 is 9.73 Å². The second-order valence-corrected chi connectivity index (χ2v) is 6.50. The number of thioether (sulfide) groups is 1. The van der Waals surface area contributed by atoms with Crippen molar-refractivity contribution >= 4 is 29.0 Å². The van der Waals surface area contributed by atoms with Crippen LogP contribution in [0.4, 0.5) is 0 Å². The van der Waals surface area contributed by atoms with Crippen LogP contribution >= 0.6 is 23.1 Å². The van der Waals surface area contributed by atoms with E-state index in [1.54, 1.807) is 11.3 Å². The monoisotopic (exact) mass is 312 g/mol. The van der Waals surface area contributed by atoms with Crippen molar-refractivity contribution in [3.63, 3.8) is 0 Å². The van der Waals surface area contributed by atoms with Crippen LogP contribution in [0.5, 0.6) is 0 Å². The smallest absolute Gasteiger partial charge is 0.277 e. The first-order valence-electron chi connectivity index (χ1n) is 6.18. The fraction of sp³-hybridized carbons (Fsp3) is 0.500. The Morgan fingerprint density at radius 2 is 2.30 bits per heavy atom. The van der Waals surface area contributed by atoms with Crippen LogP contribution in [-0.2, 0) is 11.2 Å². The average Bonchev–Trinajstić information content (AvgIpc) is 2.96. The van der Waals surface area contributed by atoms with E-state index in [0.29, 0.717) is 17.5 Å². The highest BCUT2D eigenvalue weighted by molar-refractivity contribution is 7.99. The van der Waals surface area contributed by atoms with Gasteiger partial charge >= 0.3 is 0 Å². The Morgan fingerprint density at radius 1 is 1.50 bits per heavy atom. The summed E-state index contributed by atoms with van der Waals surface area (Å²) in [6.07, 6.45) is 0.524. The van der Waals surface area contributed by atoms with Crippen molar-refractivity contribution in [2.45, 2.75) is 38.5 Å². The molecule has 8 heteroatoms. The number of nitrogens with zero attached hydrogens (tertiary/aromatic N) is 3. The maximum Gasteiger partial charge on any atom is 0.277 e. The van der Waals surface area contributed by atoms with E-state index >= 15 is 0 Å². The van der Waals surface area contributed by atoms with Crippen LogP contribution in [0, 0.1) is 6.92 Å². The molecule has 0 atom stereocenters. The van der Waals surface area contributed by atoms with Gasteiger partial charge in [0.25, 0.3) is 5.22 Å². The quantitative estimate of drug-likeness (QED) is 0.822. The zero-order valence-electron chi connectivity index (χ0n) is 11.5. The highest BCUT2D eigenvalue weighted by atomic mass is 32.2. The van der Waals surface area contributed by atoms with Gasteiger partial charge in [-0.25, -0.2) is 4.98 Å². The molecule has 0 unspecified atom stereocenters. The summed E-state index contributed by atoms with van der Waals surface area (Å²) in [5.74, 6) is 0.747. The second kappa shape index (κ2) is 6.85. The van der Waals surface area contributed by atoms with Crippen LogP contribution < -0.4 is 5.32 Å². The summed E-state index contributed by atoms with van der Waals surface area (Å²) in [5, 5.41) is 14.1. The zero-order chi connectivity index (χ0) is 14.5. The molecule has 2 aromatic rings. The number of hydrogen-bond acceptors (Lipinski definition) is 7. The molecule has 0 saturated carbocycles. The SMILES string of the molecule is Cc1nc(Cc2nnc(SCC(=O)NC(C)C)o2)cs1. The standard InChI is InChI=1S/C12H16N4O2S2/c1-7(2)13-10(17)6-20-12-16-15-11(18-12)4-9-5-19-8(3)14-9/h5,7H,4,6H2,1-3H3,(H,13,17). The molecule has 6 nitrogen and oxygen atoms in total. The molecule has 0 aromatic carbocycles. The van der Waals surface area contributed by atoms with Crippen LogP contribution in [0.1, 0.15) is 30.4 Å². The summed E-state index contributed by atoms with van der Waals surface area (Å²) < 4.78 is 5.48. The van der Waals surface area contributed by atoms with E-state index in [4.69, 9.17) is 4.42 Å². The van der Waals surface area contributed by atoms with Gasteiger partial charge in [0.2, 0.25) is 11.8 Å². The lowest BCUT2D eigenvalue weighted by Gasteiger charge is -2.06. The van der Waals surface area contributed by atoms with Crippen LogP contribution in [0.25, 0.3) is 0 Å². The van der Waals surface area contributed by atoms with Gasteiger partial charge in [0.05, 0.1) is 22.9 Å².